The largest absolute Gasteiger partial charge is 0.489 e. The monoisotopic (exact) mass is 554 g/mol. The minimum atomic E-state index is -0.527. The number of rotatable bonds is 7. The van der Waals surface area contributed by atoms with E-state index in [0.29, 0.717) is 40.0 Å². The third kappa shape index (κ3) is 5.88. The van der Waals surface area contributed by atoms with Gasteiger partial charge in [0.1, 0.15) is 35.5 Å². The summed E-state index contributed by atoms with van der Waals surface area (Å²) in [5, 5.41) is 10.5. The van der Waals surface area contributed by atoms with Crippen LogP contribution < -0.4 is 19.9 Å². The Bertz CT molecular complexity index is 1580. The lowest BCUT2D eigenvalue weighted by Gasteiger charge is -2.26. The third-order valence-corrected chi connectivity index (χ3v) is 7.25. The first-order valence-corrected chi connectivity index (χ1v) is 13.6. The van der Waals surface area contributed by atoms with E-state index >= 15 is 0 Å². The van der Waals surface area contributed by atoms with Gasteiger partial charge in [-0.15, -0.1) is 11.8 Å². The van der Waals surface area contributed by atoms with Crippen LogP contribution in [-0.2, 0) is 6.61 Å². The van der Waals surface area contributed by atoms with Crippen LogP contribution in [0.2, 0.25) is 5.02 Å². The maximum atomic E-state index is 12.8. The molecule has 0 unspecified atom stereocenters. The van der Waals surface area contributed by atoms with Crippen LogP contribution in [0.4, 0.5) is 0 Å². The number of benzene rings is 4. The van der Waals surface area contributed by atoms with Crippen molar-refractivity contribution in [1.82, 2.24) is 0 Å². The first-order valence-electron chi connectivity index (χ1n) is 12.0. The molecule has 6 nitrogen and oxygen atoms in total. The number of allylic oxidation sites excluding steroid dienone is 1. The molecule has 0 fully saturated rings. The molecule has 0 saturated heterocycles. The van der Waals surface area contributed by atoms with Gasteiger partial charge in [-0.3, -0.25) is 0 Å². The van der Waals surface area contributed by atoms with Crippen molar-refractivity contribution >= 4 is 29.3 Å². The highest BCUT2D eigenvalue weighted by atomic mass is 35.5. The van der Waals surface area contributed by atoms with Gasteiger partial charge in [0.25, 0.3) is 0 Å². The summed E-state index contributed by atoms with van der Waals surface area (Å²) in [6.07, 6.45) is 2.01. The van der Waals surface area contributed by atoms with Crippen molar-refractivity contribution in [2.24, 2.45) is 5.73 Å². The molecule has 1 aliphatic rings. The average molecular weight is 555 g/mol. The topological polar surface area (TPSA) is 94.6 Å². The van der Waals surface area contributed by atoms with E-state index in [9.17, 15) is 10.1 Å². The van der Waals surface area contributed by atoms with Gasteiger partial charge >= 0.3 is 5.97 Å². The van der Waals surface area contributed by atoms with Crippen LogP contribution in [0.1, 0.15) is 33.0 Å². The second kappa shape index (κ2) is 11.6. The lowest BCUT2D eigenvalue weighted by atomic mass is 9.83. The van der Waals surface area contributed by atoms with E-state index in [-0.39, 0.29) is 11.8 Å². The quantitative estimate of drug-likeness (QED) is 0.148. The molecule has 0 amide bonds. The van der Waals surface area contributed by atoms with E-state index in [1.54, 1.807) is 66.4 Å². The Morgan fingerprint density at radius 1 is 1.00 bits per heavy atom. The number of hydrogen-bond donors (Lipinski definition) is 1. The summed E-state index contributed by atoms with van der Waals surface area (Å²) < 4.78 is 17.2. The van der Waals surface area contributed by atoms with Crippen molar-refractivity contribution in [3.63, 3.8) is 0 Å². The normalized spacial score (nSPS) is 14.1. The number of carbonyl (C=O) groups excluding carboxylic acids is 1. The van der Waals surface area contributed by atoms with E-state index in [1.165, 1.54) is 0 Å². The van der Waals surface area contributed by atoms with Crippen molar-refractivity contribution < 1.29 is 19.0 Å². The summed E-state index contributed by atoms with van der Waals surface area (Å²) in [6, 6.07) is 29.4. The van der Waals surface area contributed by atoms with Crippen LogP contribution in [0.15, 0.2) is 107 Å². The smallest absolute Gasteiger partial charge is 0.343 e. The minimum Gasteiger partial charge on any atom is -0.489 e. The number of nitriles is 1. The Balaban J connectivity index is 1.30. The minimum absolute atomic E-state index is 0.0293. The molecule has 2 N–H and O–H groups in total. The zero-order chi connectivity index (χ0) is 27.4. The van der Waals surface area contributed by atoms with E-state index < -0.39 is 5.97 Å². The van der Waals surface area contributed by atoms with Crippen molar-refractivity contribution in [3.8, 4) is 23.3 Å². The number of fused-ring (bicyclic) bond motifs is 1. The Morgan fingerprint density at radius 3 is 2.36 bits per heavy atom. The molecule has 4 aromatic carbocycles. The summed E-state index contributed by atoms with van der Waals surface area (Å²) in [4.78, 5) is 13.9. The number of thioether (sulfide) groups is 1. The predicted molar refractivity (Wildman–Crippen MR) is 151 cm³/mol. The molecule has 5 rings (SSSR count). The average Bonchev–Trinajstić information content (AvgIpc) is 2.96. The van der Waals surface area contributed by atoms with Crippen LogP contribution in [0, 0.1) is 11.3 Å². The second-order valence-corrected chi connectivity index (χ2v) is 10.0. The van der Waals surface area contributed by atoms with Gasteiger partial charge < -0.3 is 19.9 Å². The number of nitrogens with zero attached hydrogens (tertiary/aromatic N) is 1. The second-order valence-electron chi connectivity index (χ2n) is 8.73. The molecular formula is C31H23ClN2O4S. The number of halogens is 1. The lowest BCUT2D eigenvalue weighted by molar-refractivity contribution is 0.0734. The Morgan fingerprint density at radius 2 is 1.69 bits per heavy atom. The van der Waals surface area contributed by atoms with E-state index in [1.807, 2.05) is 42.7 Å². The van der Waals surface area contributed by atoms with Gasteiger partial charge in [-0.2, -0.15) is 5.26 Å². The standard InChI is InChI=1S/C31H23ClN2O4S/c1-39-25-13-6-20(7-14-25)29-26-15-12-24(16-28(26)38-30(34)27(29)17-33)37-31(35)21-4-10-23(11-5-21)36-18-19-2-8-22(32)9-3-19/h2-16,29H,18,34H2,1H3/t29-/m1/s1. The Kier molecular flexibility index (Phi) is 7.78. The zero-order valence-electron chi connectivity index (χ0n) is 20.9. The summed E-state index contributed by atoms with van der Waals surface area (Å²) in [5.41, 5.74) is 9.48. The fourth-order valence-electron chi connectivity index (χ4n) is 4.24. The highest BCUT2D eigenvalue weighted by molar-refractivity contribution is 7.98. The molecule has 1 aliphatic heterocycles. The maximum absolute atomic E-state index is 12.8. The number of ether oxygens (including phenoxy) is 3. The van der Waals surface area contributed by atoms with Crippen molar-refractivity contribution in [1.29, 1.82) is 5.26 Å². The molecular weight excluding hydrogens is 532 g/mol. The van der Waals surface area contributed by atoms with Gasteiger partial charge in [0.05, 0.1) is 11.5 Å². The fraction of sp³-hybridized carbons (Fsp3) is 0.0968. The molecule has 0 bridgehead atoms. The zero-order valence-corrected chi connectivity index (χ0v) is 22.5. The van der Waals surface area contributed by atoms with E-state index in [0.717, 1.165) is 21.6 Å². The summed E-state index contributed by atoms with van der Waals surface area (Å²) in [5.74, 6) is 0.464. The molecule has 0 aliphatic carbocycles. The van der Waals surface area contributed by atoms with Gasteiger partial charge in [-0.1, -0.05) is 41.9 Å². The number of esters is 1. The van der Waals surface area contributed by atoms with Crippen LogP contribution in [0.3, 0.4) is 0 Å². The number of nitrogens with two attached hydrogens (primary N) is 1. The molecule has 1 atom stereocenters. The van der Waals surface area contributed by atoms with E-state index in [2.05, 4.69) is 6.07 Å². The number of hydrogen-bond acceptors (Lipinski definition) is 7. The highest BCUT2D eigenvalue weighted by Crippen LogP contribution is 2.43. The SMILES string of the molecule is CSc1ccc([C@H]2C(C#N)=C(N)Oc3cc(OC(=O)c4ccc(OCc5ccc(Cl)cc5)cc4)ccc32)cc1. The third-order valence-electron chi connectivity index (χ3n) is 6.26. The van der Waals surface area contributed by atoms with Crippen LogP contribution in [-0.4, -0.2) is 12.2 Å². The first-order chi connectivity index (χ1) is 18.9. The predicted octanol–water partition coefficient (Wildman–Crippen LogP) is 7.08. The number of carbonyl (C=O) groups is 1. The van der Waals surface area contributed by atoms with Crippen LogP contribution in [0.5, 0.6) is 17.2 Å². The summed E-state index contributed by atoms with van der Waals surface area (Å²) in [6.45, 7) is 0.379. The van der Waals surface area contributed by atoms with E-state index in [4.69, 9.17) is 31.5 Å². The van der Waals surface area contributed by atoms with Crippen molar-refractivity contribution in [2.45, 2.75) is 17.4 Å². The summed E-state index contributed by atoms with van der Waals surface area (Å²) >= 11 is 7.56. The molecule has 0 radical (unpaired) electrons. The van der Waals surface area contributed by atoms with Crippen molar-refractivity contribution in [2.75, 3.05) is 6.26 Å². The Labute approximate surface area is 235 Å². The molecule has 39 heavy (non-hydrogen) atoms. The van der Waals surface area contributed by atoms with Crippen LogP contribution in [0.25, 0.3) is 0 Å². The Hall–Kier alpha value is -4.38. The van der Waals surface area contributed by atoms with Gasteiger partial charge in [0, 0.05) is 21.5 Å². The van der Waals surface area contributed by atoms with Gasteiger partial charge in [0.15, 0.2) is 0 Å². The highest BCUT2D eigenvalue weighted by Gasteiger charge is 2.31. The first kappa shape index (κ1) is 26.2. The molecule has 1 heterocycles. The molecule has 4 aromatic rings. The molecule has 0 saturated carbocycles. The molecule has 194 valence electrons. The van der Waals surface area contributed by atoms with Gasteiger partial charge in [0.2, 0.25) is 5.88 Å². The molecule has 0 spiro atoms. The molecule has 8 heteroatoms. The van der Waals surface area contributed by atoms with Crippen molar-refractivity contribution in [3.05, 3.63) is 130 Å². The lowest BCUT2D eigenvalue weighted by Crippen LogP contribution is -2.21. The van der Waals surface area contributed by atoms with Gasteiger partial charge in [-0.25, -0.2) is 4.79 Å². The van der Waals surface area contributed by atoms with Gasteiger partial charge in [-0.05, 0) is 72.0 Å². The summed E-state index contributed by atoms with van der Waals surface area (Å²) in [7, 11) is 0. The van der Waals surface area contributed by atoms with Crippen LogP contribution >= 0.6 is 23.4 Å². The fourth-order valence-corrected chi connectivity index (χ4v) is 4.77. The molecule has 0 aromatic heterocycles. The maximum Gasteiger partial charge on any atom is 0.343 e.